The fourth-order valence-electron chi connectivity index (χ4n) is 6.42. The van der Waals surface area contributed by atoms with Gasteiger partial charge < -0.3 is 19.5 Å². The van der Waals surface area contributed by atoms with Crippen LogP contribution < -0.4 is 15.0 Å². The van der Waals surface area contributed by atoms with Crippen molar-refractivity contribution in [1.82, 2.24) is 14.9 Å². The summed E-state index contributed by atoms with van der Waals surface area (Å²) in [7, 11) is 0. The van der Waals surface area contributed by atoms with Crippen molar-refractivity contribution in [2.45, 2.75) is 71.0 Å². The van der Waals surface area contributed by atoms with Crippen LogP contribution in [0.2, 0.25) is 0 Å². The Kier molecular flexibility index (Phi) is 7.13. The number of benzene rings is 2. The minimum absolute atomic E-state index is 0.0147. The van der Waals surface area contributed by atoms with E-state index in [-0.39, 0.29) is 12.1 Å². The number of aryl methyl sites for hydroxylation is 2. The van der Waals surface area contributed by atoms with Gasteiger partial charge in [0.1, 0.15) is 11.5 Å². The minimum Gasteiger partial charge on any atom is -0.457 e. The molecule has 2 aromatic heterocycles. The van der Waals surface area contributed by atoms with E-state index < -0.39 is 0 Å². The minimum atomic E-state index is -0.0538. The van der Waals surface area contributed by atoms with Crippen molar-refractivity contribution in [3.05, 3.63) is 107 Å². The molecule has 6 heteroatoms. The van der Waals surface area contributed by atoms with Crippen LogP contribution in [-0.4, -0.2) is 14.7 Å². The average Bonchev–Trinajstić information content (AvgIpc) is 3.46. The monoisotopic (exact) mass is 536 g/mol. The van der Waals surface area contributed by atoms with Crippen molar-refractivity contribution >= 4 is 23.0 Å². The lowest BCUT2D eigenvalue weighted by atomic mass is 9.94. The van der Waals surface area contributed by atoms with E-state index in [2.05, 4.69) is 72.0 Å². The number of pyridine rings is 1. The third-order valence-corrected chi connectivity index (χ3v) is 8.63. The lowest BCUT2D eigenvalue weighted by molar-refractivity contribution is 0.345. The van der Waals surface area contributed by atoms with Gasteiger partial charge in [0, 0.05) is 29.3 Å². The Morgan fingerprint density at radius 2 is 1.64 bits per heavy atom. The van der Waals surface area contributed by atoms with E-state index in [1.807, 2.05) is 42.6 Å². The van der Waals surface area contributed by atoms with Gasteiger partial charge >= 0.3 is 0 Å². The number of hydrogen-bond donors (Lipinski definition) is 1. The van der Waals surface area contributed by atoms with Gasteiger partial charge in [0.05, 0.1) is 17.8 Å². The van der Waals surface area contributed by atoms with Gasteiger partial charge in [-0.15, -0.1) is 0 Å². The maximum Gasteiger partial charge on any atom is 0.174 e. The van der Waals surface area contributed by atoms with Crippen molar-refractivity contribution in [3.63, 3.8) is 0 Å². The van der Waals surface area contributed by atoms with Crippen LogP contribution in [-0.2, 0) is 0 Å². The largest absolute Gasteiger partial charge is 0.457 e. The average molecular weight is 537 g/mol. The Hall–Kier alpha value is -3.64. The number of nitrogens with one attached hydrogen (secondary N) is 1. The Bertz CT molecular complexity index is 1460. The fourth-order valence-corrected chi connectivity index (χ4v) is 6.77. The Balaban J connectivity index is 1.38. The standard InChI is InChI=1S/C33H36N4OS/c1-22-11-7-8-15-30(22)38-27-18-16-26(17-19-27)37-32(31(35-33(37)39)29-14-9-10-20-34-29)28-21-23(2)36(24(28)3)25-12-5-4-6-13-25/h7-11,14-21,25,31-32H,4-6,12-13H2,1-3H3,(H,35,39)/t31-,32-/m0/s1. The smallest absolute Gasteiger partial charge is 0.174 e. The summed E-state index contributed by atoms with van der Waals surface area (Å²) in [6.07, 6.45) is 8.35. The first kappa shape index (κ1) is 25.6. The molecule has 1 N–H and O–H groups in total. The van der Waals surface area contributed by atoms with Crippen LogP contribution in [0.3, 0.4) is 0 Å². The number of anilines is 1. The summed E-state index contributed by atoms with van der Waals surface area (Å²) in [4.78, 5) is 7.00. The normalized spacial score (nSPS) is 19.8. The molecule has 39 heavy (non-hydrogen) atoms. The van der Waals surface area contributed by atoms with Gasteiger partial charge in [0.2, 0.25) is 0 Å². The molecule has 4 aromatic rings. The summed E-state index contributed by atoms with van der Waals surface area (Å²) in [5.74, 6) is 1.67. The second-order valence-corrected chi connectivity index (χ2v) is 11.2. The summed E-state index contributed by atoms with van der Waals surface area (Å²) in [6, 6.07) is 25.3. The number of ether oxygens (including phenoxy) is 1. The van der Waals surface area contributed by atoms with Crippen LogP contribution in [0.1, 0.15) is 78.4 Å². The van der Waals surface area contributed by atoms with Gasteiger partial charge in [-0.2, -0.15) is 0 Å². The van der Waals surface area contributed by atoms with Crippen LogP contribution in [0.4, 0.5) is 5.69 Å². The second-order valence-electron chi connectivity index (χ2n) is 10.8. The molecule has 0 unspecified atom stereocenters. The maximum atomic E-state index is 6.18. The quantitative estimate of drug-likeness (QED) is 0.251. The highest BCUT2D eigenvalue weighted by molar-refractivity contribution is 7.80. The first-order valence-corrected chi connectivity index (χ1v) is 14.4. The molecule has 5 nitrogen and oxygen atoms in total. The van der Waals surface area contributed by atoms with E-state index >= 15 is 0 Å². The Morgan fingerprint density at radius 1 is 0.897 bits per heavy atom. The van der Waals surface area contributed by atoms with Crippen molar-refractivity contribution in [2.24, 2.45) is 0 Å². The number of hydrogen-bond acceptors (Lipinski definition) is 3. The summed E-state index contributed by atoms with van der Waals surface area (Å²) < 4.78 is 8.77. The zero-order valence-electron chi connectivity index (χ0n) is 22.9. The number of rotatable bonds is 6. The molecule has 1 aliphatic carbocycles. The van der Waals surface area contributed by atoms with E-state index in [1.165, 1.54) is 49.1 Å². The molecule has 1 saturated carbocycles. The highest BCUT2D eigenvalue weighted by atomic mass is 32.1. The zero-order chi connectivity index (χ0) is 26.9. The van der Waals surface area contributed by atoms with Gasteiger partial charge in [0.15, 0.2) is 5.11 Å². The first-order valence-electron chi connectivity index (χ1n) is 14.0. The number of para-hydroxylation sites is 1. The number of aromatic nitrogens is 2. The van der Waals surface area contributed by atoms with E-state index in [1.54, 1.807) is 0 Å². The van der Waals surface area contributed by atoms with E-state index in [0.29, 0.717) is 11.2 Å². The molecule has 0 bridgehead atoms. The van der Waals surface area contributed by atoms with Crippen molar-refractivity contribution in [1.29, 1.82) is 0 Å². The molecule has 2 aromatic carbocycles. The number of thiocarbonyl (C=S) groups is 1. The SMILES string of the molecule is Cc1ccccc1Oc1ccc(N2C(=S)N[C@@H](c3ccccn3)[C@@H]2c2cc(C)n(C3CCCCC3)c2C)cc1. The molecular weight excluding hydrogens is 500 g/mol. The highest BCUT2D eigenvalue weighted by Crippen LogP contribution is 2.45. The second kappa shape index (κ2) is 10.9. The van der Waals surface area contributed by atoms with Gasteiger partial charge in [0.25, 0.3) is 0 Å². The molecule has 3 heterocycles. The topological polar surface area (TPSA) is 42.3 Å². The molecule has 2 atom stereocenters. The van der Waals surface area contributed by atoms with Crippen molar-refractivity contribution in [2.75, 3.05) is 4.90 Å². The fraction of sp³-hybridized carbons (Fsp3) is 0.333. The van der Waals surface area contributed by atoms with Gasteiger partial charge in [-0.25, -0.2) is 0 Å². The molecular formula is C33H36N4OS. The van der Waals surface area contributed by atoms with Crippen LogP contribution in [0.25, 0.3) is 0 Å². The van der Waals surface area contributed by atoms with Gasteiger partial charge in [-0.3, -0.25) is 4.98 Å². The molecule has 2 aliphatic rings. The van der Waals surface area contributed by atoms with Gasteiger partial charge in [-0.1, -0.05) is 43.5 Å². The lowest BCUT2D eigenvalue weighted by Gasteiger charge is -2.30. The zero-order valence-corrected chi connectivity index (χ0v) is 23.7. The van der Waals surface area contributed by atoms with E-state index in [9.17, 15) is 0 Å². The molecule has 0 spiro atoms. The Morgan fingerprint density at radius 3 is 2.36 bits per heavy atom. The maximum absolute atomic E-state index is 6.18. The molecule has 2 fully saturated rings. The molecule has 0 radical (unpaired) electrons. The highest BCUT2D eigenvalue weighted by Gasteiger charge is 2.42. The van der Waals surface area contributed by atoms with E-state index in [4.69, 9.17) is 21.9 Å². The molecule has 1 saturated heterocycles. The third kappa shape index (κ3) is 4.94. The van der Waals surface area contributed by atoms with Crippen LogP contribution in [0, 0.1) is 20.8 Å². The number of nitrogens with zero attached hydrogens (tertiary/aromatic N) is 3. The first-order chi connectivity index (χ1) is 19.0. The molecule has 0 amide bonds. The van der Waals surface area contributed by atoms with Gasteiger partial charge in [-0.05, 0) is 105 Å². The predicted molar refractivity (Wildman–Crippen MR) is 162 cm³/mol. The lowest BCUT2D eigenvalue weighted by Crippen LogP contribution is -2.29. The van der Waals surface area contributed by atoms with Crippen molar-refractivity contribution in [3.8, 4) is 11.5 Å². The summed E-state index contributed by atoms with van der Waals surface area (Å²) >= 11 is 5.99. The van der Waals surface area contributed by atoms with Crippen LogP contribution in [0.5, 0.6) is 11.5 Å². The molecule has 200 valence electrons. The predicted octanol–water partition coefficient (Wildman–Crippen LogP) is 8.28. The van der Waals surface area contributed by atoms with E-state index in [0.717, 1.165) is 28.4 Å². The molecule has 1 aliphatic heterocycles. The molecule has 6 rings (SSSR count). The third-order valence-electron chi connectivity index (χ3n) is 8.32. The van der Waals surface area contributed by atoms with Crippen molar-refractivity contribution < 1.29 is 4.74 Å². The summed E-state index contributed by atoms with van der Waals surface area (Å²) in [5, 5.41) is 4.33. The summed E-state index contributed by atoms with van der Waals surface area (Å²) in [5.41, 5.74) is 7.11. The Labute approximate surface area is 236 Å². The summed E-state index contributed by atoms with van der Waals surface area (Å²) in [6.45, 7) is 6.60. The van der Waals surface area contributed by atoms with Crippen LogP contribution in [0.15, 0.2) is 79.0 Å². The van der Waals surface area contributed by atoms with Crippen LogP contribution >= 0.6 is 12.2 Å².